The number of ether oxygens (including phenoxy) is 1. The van der Waals surface area contributed by atoms with E-state index in [2.05, 4.69) is 4.98 Å². The van der Waals surface area contributed by atoms with Crippen LogP contribution in [0.4, 0.5) is 0 Å². The zero-order valence-corrected chi connectivity index (χ0v) is 10.3. The molecule has 0 fully saturated rings. The summed E-state index contributed by atoms with van der Waals surface area (Å²) in [5.41, 5.74) is 0.916. The quantitative estimate of drug-likeness (QED) is 0.922. The van der Waals surface area contributed by atoms with E-state index in [1.54, 1.807) is 24.3 Å². The zero-order chi connectivity index (χ0) is 13.1. The Balaban J connectivity index is 2.42. The first-order valence-electron chi connectivity index (χ1n) is 5.09. The van der Waals surface area contributed by atoms with Crippen molar-refractivity contribution in [2.45, 2.75) is 6.61 Å². The number of hydrogen-bond donors (Lipinski definition) is 1. The Kier molecular flexibility index (Phi) is 3.64. The molecule has 1 aromatic carbocycles. The van der Waals surface area contributed by atoms with Gasteiger partial charge >= 0.3 is 5.97 Å². The van der Waals surface area contributed by atoms with Gasteiger partial charge in [-0.1, -0.05) is 11.6 Å². The molecule has 0 atom stereocenters. The smallest absolute Gasteiger partial charge is 0.373 e. The van der Waals surface area contributed by atoms with E-state index < -0.39 is 5.97 Å². The third kappa shape index (κ3) is 2.52. The van der Waals surface area contributed by atoms with Crippen molar-refractivity contribution < 1.29 is 19.1 Å². The summed E-state index contributed by atoms with van der Waals surface area (Å²) in [6.45, 7) is 0.0821. The Labute approximate surface area is 108 Å². The number of rotatable bonds is 4. The number of aromatic nitrogens is 1. The minimum absolute atomic E-state index is 0.0821. The monoisotopic (exact) mass is 267 g/mol. The van der Waals surface area contributed by atoms with Gasteiger partial charge < -0.3 is 14.3 Å². The van der Waals surface area contributed by atoms with Gasteiger partial charge in [0.05, 0.1) is 6.61 Å². The molecule has 0 bridgehead atoms. The molecular formula is C12H10ClNO4. The number of carboxylic acids is 1. The Morgan fingerprint density at radius 2 is 2.11 bits per heavy atom. The molecule has 6 heteroatoms. The molecule has 94 valence electrons. The number of aromatic carboxylic acids is 1. The second-order valence-corrected chi connectivity index (χ2v) is 3.98. The van der Waals surface area contributed by atoms with Crippen LogP contribution >= 0.6 is 11.6 Å². The van der Waals surface area contributed by atoms with Gasteiger partial charge in [-0.05, 0) is 24.3 Å². The van der Waals surface area contributed by atoms with Crippen molar-refractivity contribution in [1.82, 2.24) is 4.98 Å². The van der Waals surface area contributed by atoms with Gasteiger partial charge in [0.15, 0.2) is 0 Å². The third-order valence-corrected chi connectivity index (χ3v) is 2.52. The first kappa shape index (κ1) is 12.6. The van der Waals surface area contributed by atoms with Gasteiger partial charge in [-0.3, -0.25) is 0 Å². The van der Waals surface area contributed by atoms with Crippen LogP contribution in [0.25, 0.3) is 11.5 Å². The number of nitrogens with zero attached hydrogens (tertiary/aromatic N) is 1. The van der Waals surface area contributed by atoms with Crippen molar-refractivity contribution >= 4 is 17.6 Å². The van der Waals surface area contributed by atoms with Crippen molar-refractivity contribution in [3.63, 3.8) is 0 Å². The molecule has 0 saturated carbocycles. The highest BCUT2D eigenvalue weighted by Crippen LogP contribution is 2.24. The Morgan fingerprint density at radius 3 is 2.67 bits per heavy atom. The van der Waals surface area contributed by atoms with E-state index >= 15 is 0 Å². The summed E-state index contributed by atoms with van der Waals surface area (Å²) in [6, 6.07) is 6.77. The summed E-state index contributed by atoms with van der Waals surface area (Å²) in [5.74, 6) is -1.15. The molecule has 18 heavy (non-hydrogen) atoms. The van der Waals surface area contributed by atoms with Crippen molar-refractivity contribution in [2.75, 3.05) is 7.11 Å². The van der Waals surface area contributed by atoms with Crippen LogP contribution < -0.4 is 0 Å². The number of carboxylic acid groups (broad SMARTS) is 1. The standard InChI is InChI=1S/C12H10ClNO4/c1-17-6-9-10(12(15)16)18-11(14-9)7-2-4-8(13)5-3-7/h2-5H,6H2,1H3,(H,15,16). The van der Waals surface area contributed by atoms with Gasteiger partial charge in [0.1, 0.15) is 5.69 Å². The maximum absolute atomic E-state index is 11.0. The molecule has 0 unspecified atom stereocenters. The predicted octanol–water partition coefficient (Wildman–Crippen LogP) is 2.84. The minimum atomic E-state index is -1.17. The highest BCUT2D eigenvalue weighted by atomic mass is 35.5. The highest BCUT2D eigenvalue weighted by Gasteiger charge is 2.20. The van der Waals surface area contributed by atoms with E-state index in [4.69, 9.17) is 25.9 Å². The molecule has 0 spiro atoms. The molecule has 0 amide bonds. The van der Waals surface area contributed by atoms with E-state index in [0.29, 0.717) is 10.6 Å². The van der Waals surface area contributed by atoms with Crippen molar-refractivity contribution in [1.29, 1.82) is 0 Å². The SMILES string of the molecule is COCc1nc(-c2ccc(Cl)cc2)oc1C(=O)O. The van der Waals surface area contributed by atoms with Gasteiger partial charge in [-0.15, -0.1) is 0 Å². The fourth-order valence-corrected chi connectivity index (χ4v) is 1.60. The van der Waals surface area contributed by atoms with Gasteiger partial charge in [-0.2, -0.15) is 0 Å². The molecule has 1 heterocycles. The molecule has 0 saturated heterocycles. The fourth-order valence-electron chi connectivity index (χ4n) is 1.47. The van der Waals surface area contributed by atoms with Gasteiger partial charge in [0.2, 0.25) is 11.7 Å². The maximum Gasteiger partial charge on any atom is 0.373 e. The molecule has 0 radical (unpaired) electrons. The second-order valence-electron chi connectivity index (χ2n) is 3.54. The lowest BCUT2D eigenvalue weighted by molar-refractivity contribution is 0.0656. The number of methoxy groups -OCH3 is 1. The summed E-state index contributed by atoms with van der Waals surface area (Å²) in [6.07, 6.45) is 0. The fraction of sp³-hybridized carbons (Fsp3) is 0.167. The van der Waals surface area contributed by atoms with Crippen LogP contribution in [0.3, 0.4) is 0 Å². The number of oxazole rings is 1. The van der Waals surface area contributed by atoms with Crippen LogP contribution in [0, 0.1) is 0 Å². The molecule has 2 aromatic rings. The van der Waals surface area contributed by atoms with Crippen LogP contribution in [-0.2, 0) is 11.3 Å². The van der Waals surface area contributed by atoms with Crippen LogP contribution in [0.5, 0.6) is 0 Å². The van der Waals surface area contributed by atoms with Gasteiger partial charge in [0.25, 0.3) is 0 Å². The first-order chi connectivity index (χ1) is 8.61. The number of hydrogen-bond acceptors (Lipinski definition) is 4. The summed E-state index contributed by atoms with van der Waals surface area (Å²) in [7, 11) is 1.46. The lowest BCUT2D eigenvalue weighted by Crippen LogP contribution is -2.00. The number of carbonyl (C=O) groups is 1. The van der Waals surface area contributed by atoms with Crippen molar-refractivity contribution in [3.8, 4) is 11.5 Å². The summed E-state index contributed by atoms with van der Waals surface area (Å²) < 4.78 is 10.1. The van der Waals surface area contributed by atoms with E-state index in [1.807, 2.05) is 0 Å². The molecule has 1 aromatic heterocycles. The van der Waals surface area contributed by atoms with E-state index in [1.165, 1.54) is 7.11 Å². The molecule has 0 aliphatic rings. The molecule has 0 aliphatic carbocycles. The van der Waals surface area contributed by atoms with Crippen LogP contribution in [0.1, 0.15) is 16.2 Å². The first-order valence-corrected chi connectivity index (χ1v) is 5.47. The average Bonchev–Trinajstić information content (AvgIpc) is 2.75. The molecule has 2 rings (SSSR count). The highest BCUT2D eigenvalue weighted by molar-refractivity contribution is 6.30. The normalized spacial score (nSPS) is 10.6. The van der Waals surface area contributed by atoms with Gasteiger partial charge in [0, 0.05) is 17.7 Å². The lowest BCUT2D eigenvalue weighted by Gasteiger charge is -1.94. The molecular weight excluding hydrogens is 258 g/mol. The Hall–Kier alpha value is -1.85. The lowest BCUT2D eigenvalue weighted by atomic mass is 10.2. The predicted molar refractivity (Wildman–Crippen MR) is 64.6 cm³/mol. The minimum Gasteiger partial charge on any atom is -0.475 e. The van der Waals surface area contributed by atoms with Crippen molar-refractivity contribution in [3.05, 3.63) is 40.7 Å². The van der Waals surface area contributed by atoms with Crippen LogP contribution in [0.15, 0.2) is 28.7 Å². The maximum atomic E-state index is 11.0. The van der Waals surface area contributed by atoms with Crippen molar-refractivity contribution in [2.24, 2.45) is 0 Å². The third-order valence-electron chi connectivity index (χ3n) is 2.26. The molecule has 5 nitrogen and oxygen atoms in total. The molecule has 1 N–H and O–H groups in total. The number of benzene rings is 1. The van der Waals surface area contributed by atoms with Crippen LogP contribution in [0.2, 0.25) is 5.02 Å². The summed E-state index contributed by atoms with van der Waals surface area (Å²) in [4.78, 5) is 15.1. The summed E-state index contributed by atoms with van der Waals surface area (Å²) >= 11 is 5.77. The summed E-state index contributed by atoms with van der Waals surface area (Å²) in [5, 5.41) is 9.57. The average molecular weight is 268 g/mol. The number of halogens is 1. The van der Waals surface area contributed by atoms with E-state index in [0.717, 1.165) is 0 Å². The molecule has 0 aliphatic heterocycles. The van der Waals surface area contributed by atoms with Crippen LogP contribution in [-0.4, -0.2) is 23.2 Å². The van der Waals surface area contributed by atoms with Gasteiger partial charge in [-0.25, -0.2) is 9.78 Å². The Bertz CT molecular complexity index is 562. The second kappa shape index (κ2) is 5.20. The van der Waals surface area contributed by atoms with E-state index in [9.17, 15) is 4.79 Å². The van der Waals surface area contributed by atoms with E-state index in [-0.39, 0.29) is 24.0 Å². The largest absolute Gasteiger partial charge is 0.475 e. The Morgan fingerprint density at radius 1 is 1.44 bits per heavy atom. The topological polar surface area (TPSA) is 72.6 Å². The zero-order valence-electron chi connectivity index (χ0n) is 9.51.